The van der Waals surface area contributed by atoms with Crippen LogP contribution in [0.3, 0.4) is 0 Å². The molecule has 0 aliphatic carbocycles. The van der Waals surface area contributed by atoms with Crippen molar-refractivity contribution in [2.24, 2.45) is 0 Å². The van der Waals surface area contributed by atoms with Gasteiger partial charge in [0.1, 0.15) is 6.33 Å². The third-order valence-electron chi connectivity index (χ3n) is 4.35. The highest BCUT2D eigenvalue weighted by Crippen LogP contribution is 2.24. The molecule has 0 bridgehead atoms. The van der Waals surface area contributed by atoms with Crippen LogP contribution in [0.25, 0.3) is 5.69 Å². The van der Waals surface area contributed by atoms with E-state index in [2.05, 4.69) is 10.2 Å². The van der Waals surface area contributed by atoms with E-state index in [4.69, 9.17) is 11.6 Å². The molecule has 7 nitrogen and oxygen atoms in total. The smallest absolute Gasteiger partial charge is 0.233 e. The van der Waals surface area contributed by atoms with Gasteiger partial charge in [-0.15, -0.1) is 10.2 Å². The molecular formula is C17H20ClN5O2S. The molecule has 1 aliphatic rings. The number of aromatic nitrogens is 3. The van der Waals surface area contributed by atoms with E-state index < -0.39 is 0 Å². The number of benzene rings is 1. The number of carbonyl (C=O) groups is 2. The molecular weight excluding hydrogens is 374 g/mol. The zero-order chi connectivity index (χ0) is 18.7. The van der Waals surface area contributed by atoms with Gasteiger partial charge < -0.3 is 9.80 Å². The van der Waals surface area contributed by atoms with Crippen molar-refractivity contribution in [3.8, 4) is 5.69 Å². The van der Waals surface area contributed by atoms with Crippen molar-refractivity contribution in [3.05, 3.63) is 35.1 Å². The highest BCUT2D eigenvalue weighted by atomic mass is 35.5. The summed E-state index contributed by atoms with van der Waals surface area (Å²) in [6.07, 6.45) is 1.61. The lowest BCUT2D eigenvalue weighted by Crippen LogP contribution is -2.50. The van der Waals surface area contributed by atoms with E-state index in [0.29, 0.717) is 36.4 Å². The molecule has 138 valence electrons. The van der Waals surface area contributed by atoms with Gasteiger partial charge in [-0.2, -0.15) is 0 Å². The average Bonchev–Trinajstić information content (AvgIpc) is 3.10. The van der Waals surface area contributed by atoms with Gasteiger partial charge in [-0.25, -0.2) is 0 Å². The van der Waals surface area contributed by atoms with Gasteiger partial charge in [0, 0.05) is 38.1 Å². The van der Waals surface area contributed by atoms with Gasteiger partial charge in [-0.05, 0) is 24.6 Å². The molecule has 2 heterocycles. The van der Waals surface area contributed by atoms with Gasteiger partial charge in [-0.3, -0.25) is 14.2 Å². The molecule has 0 spiro atoms. The SMILES string of the molecule is CC(=O)N1CCN(C(=O)CSc2nncn2-c2ccc(C)c(Cl)c2)CC1. The Bertz CT molecular complexity index is 817. The third kappa shape index (κ3) is 4.19. The van der Waals surface area contributed by atoms with E-state index in [9.17, 15) is 9.59 Å². The molecule has 26 heavy (non-hydrogen) atoms. The Hall–Kier alpha value is -2.06. The van der Waals surface area contributed by atoms with E-state index in [1.54, 1.807) is 23.1 Å². The van der Waals surface area contributed by atoms with Crippen LogP contribution in [0.1, 0.15) is 12.5 Å². The number of halogens is 1. The molecule has 0 atom stereocenters. The fraction of sp³-hybridized carbons (Fsp3) is 0.412. The maximum atomic E-state index is 12.4. The molecule has 0 unspecified atom stereocenters. The molecule has 0 radical (unpaired) electrons. The number of rotatable bonds is 4. The Morgan fingerprint density at radius 3 is 2.54 bits per heavy atom. The van der Waals surface area contributed by atoms with Gasteiger partial charge in [0.2, 0.25) is 11.8 Å². The largest absolute Gasteiger partial charge is 0.339 e. The summed E-state index contributed by atoms with van der Waals surface area (Å²) < 4.78 is 1.82. The number of amides is 2. The van der Waals surface area contributed by atoms with Crippen molar-refractivity contribution < 1.29 is 9.59 Å². The number of thioether (sulfide) groups is 1. The van der Waals surface area contributed by atoms with E-state index in [0.717, 1.165) is 11.3 Å². The number of hydrogen-bond acceptors (Lipinski definition) is 5. The standard InChI is InChI=1S/C17H20ClN5O2S/c1-12-3-4-14(9-15(12)18)23-11-19-20-17(23)26-10-16(25)22-7-5-21(6-8-22)13(2)24/h3-4,9,11H,5-8,10H2,1-2H3. The van der Waals surface area contributed by atoms with Gasteiger partial charge in [0.25, 0.3) is 0 Å². The first-order valence-corrected chi connectivity index (χ1v) is 9.64. The lowest BCUT2D eigenvalue weighted by Gasteiger charge is -2.34. The molecule has 0 N–H and O–H groups in total. The van der Waals surface area contributed by atoms with Crippen LogP contribution in [0, 0.1) is 6.92 Å². The molecule has 2 amide bonds. The van der Waals surface area contributed by atoms with Gasteiger partial charge in [0.15, 0.2) is 5.16 Å². The van der Waals surface area contributed by atoms with Crippen LogP contribution in [0.4, 0.5) is 0 Å². The van der Waals surface area contributed by atoms with Gasteiger partial charge >= 0.3 is 0 Å². The monoisotopic (exact) mass is 393 g/mol. The molecule has 1 aromatic carbocycles. The summed E-state index contributed by atoms with van der Waals surface area (Å²) in [6.45, 7) is 5.81. The number of carbonyl (C=O) groups excluding carboxylic acids is 2. The van der Waals surface area contributed by atoms with E-state index in [1.165, 1.54) is 11.8 Å². The zero-order valence-corrected chi connectivity index (χ0v) is 16.3. The third-order valence-corrected chi connectivity index (χ3v) is 5.69. The molecule has 1 saturated heterocycles. The Morgan fingerprint density at radius 2 is 1.88 bits per heavy atom. The van der Waals surface area contributed by atoms with Gasteiger partial charge in [0.05, 0.1) is 11.4 Å². The summed E-state index contributed by atoms with van der Waals surface area (Å²) in [6, 6.07) is 5.73. The molecule has 3 rings (SSSR count). The maximum Gasteiger partial charge on any atom is 0.233 e. The highest BCUT2D eigenvalue weighted by molar-refractivity contribution is 7.99. The molecule has 9 heteroatoms. The second kappa shape index (κ2) is 8.09. The van der Waals surface area contributed by atoms with Crippen molar-refractivity contribution in [3.63, 3.8) is 0 Å². The van der Waals surface area contributed by atoms with Crippen LogP contribution in [0.2, 0.25) is 5.02 Å². The quantitative estimate of drug-likeness (QED) is 0.743. The molecule has 1 aromatic heterocycles. The van der Waals surface area contributed by atoms with E-state index >= 15 is 0 Å². The predicted octanol–water partition coefficient (Wildman–Crippen LogP) is 2.01. The first-order valence-electron chi connectivity index (χ1n) is 8.28. The van der Waals surface area contributed by atoms with Gasteiger partial charge in [-0.1, -0.05) is 29.4 Å². The van der Waals surface area contributed by atoms with Crippen LogP contribution in [-0.2, 0) is 9.59 Å². The fourth-order valence-electron chi connectivity index (χ4n) is 2.72. The van der Waals surface area contributed by atoms with Crippen LogP contribution >= 0.6 is 23.4 Å². The highest BCUT2D eigenvalue weighted by Gasteiger charge is 2.22. The number of hydrogen-bond donors (Lipinski definition) is 0. The lowest BCUT2D eigenvalue weighted by atomic mass is 10.2. The molecule has 2 aromatic rings. The first kappa shape index (κ1) is 18.7. The van der Waals surface area contributed by atoms with Crippen molar-refractivity contribution in [2.75, 3.05) is 31.9 Å². The Morgan fingerprint density at radius 1 is 1.19 bits per heavy atom. The van der Waals surface area contributed by atoms with E-state index in [-0.39, 0.29) is 17.6 Å². The normalized spacial score (nSPS) is 14.6. The van der Waals surface area contributed by atoms with Crippen molar-refractivity contribution in [1.82, 2.24) is 24.6 Å². The number of aryl methyl sites for hydroxylation is 1. The summed E-state index contributed by atoms with van der Waals surface area (Å²) in [4.78, 5) is 27.4. The van der Waals surface area contributed by atoms with Crippen LogP contribution < -0.4 is 0 Å². The summed E-state index contributed by atoms with van der Waals surface area (Å²) in [5.74, 6) is 0.365. The number of nitrogens with zero attached hydrogens (tertiary/aromatic N) is 5. The minimum Gasteiger partial charge on any atom is -0.339 e. The number of piperazine rings is 1. The van der Waals surface area contributed by atoms with Crippen LogP contribution in [-0.4, -0.2) is 68.3 Å². The van der Waals surface area contributed by atoms with Crippen molar-refractivity contribution in [2.45, 2.75) is 19.0 Å². The molecule has 1 fully saturated rings. The Kier molecular flexibility index (Phi) is 5.83. The van der Waals surface area contributed by atoms with E-state index in [1.807, 2.05) is 29.7 Å². The zero-order valence-electron chi connectivity index (χ0n) is 14.7. The Balaban J connectivity index is 1.61. The minimum absolute atomic E-state index is 0.0368. The summed E-state index contributed by atoms with van der Waals surface area (Å²) in [5.41, 5.74) is 1.85. The predicted molar refractivity (Wildman–Crippen MR) is 101 cm³/mol. The average molecular weight is 394 g/mol. The molecule has 0 saturated carbocycles. The lowest BCUT2D eigenvalue weighted by molar-refractivity contribution is -0.136. The van der Waals surface area contributed by atoms with Crippen LogP contribution in [0.15, 0.2) is 29.7 Å². The van der Waals surface area contributed by atoms with Crippen molar-refractivity contribution >= 4 is 35.2 Å². The summed E-state index contributed by atoms with van der Waals surface area (Å²) >= 11 is 7.54. The van der Waals surface area contributed by atoms with Crippen LogP contribution in [0.5, 0.6) is 0 Å². The second-order valence-corrected chi connectivity index (χ2v) is 7.44. The fourth-order valence-corrected chi connectivity index (χ4v) is 3.73. The minimum atomic E-state index is 0.0368. The maximum absolute atomic E-state index is 12.4. The summed E-state index contributed by atoms with van der Waals surface area (Å²) in [7, 11) is 0. The van der Waals surface area contributed by atoms with Crippen molar-refractivity contribution in [1.29, 1.82) is 0 Å². The summed E-state index contributed by atoms with van der Waals surface area (Å²) in [5, 5.41) is 9.37. The Labute approximate surface area is 161 Å². The second-order valence-electron chi connectivity index (χ2n) is 6.09. The molecule has 1 aliphatic heterocycles. The first-order chi connectivity index (χ1) is 12.5. The topological polar surface area (TPSA) is 71.3 Å².